The van der Waals surface area contributed by atoms with Crippen molar-refractivity contribution in [3.8, 4) is 18.0 Å². The second-order valence-corrected chi connectivity index (χ2v) is 7.83. The van der Waals surface area contributed by atoms with Crippen LogP contribution >= 0.6 is 0 Å². The van der Waals surface area contributed by atoms with Gasteiger partial charge in [-0.1, -0.05) is 0 Å². The Labute approximate surface area is 127 Å². The van der Waals surface area contributed by atoms with Gasteiger partial charge in [0.15, 0.2) is 0 Å². The largest absolute Gasteiger partial charge is 0.458 e. The maximum Gasteiger partial charge on any atom is 0.326 e. The SMILES string of the molecule is CC(C)(C)Oc1nc(OC(C)(C)C)nc(OC(C)(C)C)n1. The summed E-state index contributed by atoms with van der Waals surface area (Å²) >= 11 is 0. The van der Waals surface area contributed by atoms with E-state index < -0.39 is 16.8 Å². The molecule has 0 aliphatic rings. The van der Waals surface area contributed by atoms with Gasteiger partial charge in [0.05, 0.1) is 0 Å². The van der Waals surface area contributed by atoms with Crippen LogP contribution in [0.1, 0.15) is 62.3 Å². The maximum absolute atomic E-state index is 5.69. The van der Waals surface area contributed by atoms with Gasteiger partial charge in [-0.15, -0.1) is 15.0 Å². The fourth-order valence-corrected chi connectivity index (χ4v) is 1.28. The van der Waals surface area contributed by atoms with E-state index in [0.29, 0.717) is 0 Å². The highest BCUT2D eigenvalue weighted by Crippen LogP contribution is 2.23. The quantitative estimate of drug-likeness (QED) is 0.851. The lowest BCUT2D eigenvalue weighted by atomic mass is 10.2. The van der Waals surface area contributed by atoms with E-state index in [0.717, 1.165) is 0 Å². The van der Waals surface area contributed by atoms with Crippen molar-refractivity contribution in [1.82, 2.24) is 15.0 Å². The van der Waals surface area contributed by atoms with E-state index in [1.807, 2.05) is 62.3 Å². The predicted molar refractivity (Wildman–Crippen MR) is 81.0 cm³/mol. The first-order chi connectivity index (χ1) is 9.23. The van der Waals surface area contributed by atoms with Crippen molar-refractivity contribution in [3.63, 3.8) is 0 Å². The lowest BCUT2D eigenvalue weighted by Crippen LogP contribution is -2.28. The normalized spacial score (nSPS) is 13.0. The van der Waals surface area contributed by atoms with Crippen molar-refractivity contribution in [2.24, 2.45) is 0 Å². The Hall–Kier alpha value is -1.59. The smallest absolute Gasteiger partial charge is 0.326 e. The Kier molecular flexibility index (Phi) is 4.70. The van der Waals surface area contributed by atoms with E-state index >= 15 is 0 Å². The molecule has 120 valence electrons. The molecule has 0 saturated carbocycles. The summed E-state index contributed by atoms with van der Waals surface area (Å²) in [6.07, 6.45) is 0. The average Bonchev–Trinajstić information content (AvgIpc) is 2.06. The fourth-order valence-electron chi connectivity index (χ4n) is 1.28. The van der Waals surface area contributed by atoms with Gasteiger partial charge >= 0.3 is 18.0 Å². The van der Waals surface area contributed by atoms with E-state index in [1.54, 1.807) is 0 Å². The van der Waals surface area contributed by atoms with Gasteiger partial charge in [-0.05, 0) is 62.3 Å². The van der Waals surface area contributed by atoms with E-state index in [2.05, 4.69) is 15.0 Å². The molecule has 0 aliphatic heterocycles. The zero-order valence-electron chi connectivity index (χ0n) is 14.6. The van der Waals surface area contributed by atoms with E-state index in [1.165, 1.54) is 0 Å². The zero-order chi connectivity index (χ0) is 16.5. The summed E-state index contributed by atoms with van der Waals surface area (Å²) in [4.78, 5) is 12.6. The molecule has 0 aliphatic carbocycles. The highest BCUT2D eigenvalue weighted by Gasteiger charge is 2.22. The molecule has 1 rings (SSSR count). The minimum Gasteiger partial charge on any atom is -0.458 e. The first-order valence-electron chi connectivity index (χ1n) is 7.07. The Morgan fingerprint density at radius 3 is 0.810 bits per heavy atom. The standard InChI is InChI=1S/C15H27N3O3/c1-13(2,3)19-10-16-11(20-14(4,5)6)18-12(17-10)21-15(7,8)9/h1-9H3. The van der Waals surface area contributed by atoms with Crippen LogP contribution in [0.3, 0.4) is 0 Å². The molecule has 0 fully saturated rings. The molecule has 0 unspecified atom stereocenters. The number of hydrogen-bond donors (Lipinski definition) is 0. The first-order valence-corrected chi connectivity index (χ1v) is 7.07. The maximum atomic E-state index is 5.69. The Morgan fingerprint density at radius 2 is 0.667 bits per heavy atom. The average molecular weight is 297 g/mol. The van der Waals surface area contributed by atoms with Crippen LogP contribution in [0.2, 0.25) is 0 Å². The minimum atomic E-state index is -0.417. The molecule has 0 radical (unpaired) electrons. The number of aromatic nitrogens is 3. The number of nitrogens with zero attached hydrogens (tertiary/aromatic N) is 3. The highest BCUT2D eigenvalue weighted by molar-refractivity contribution is 5.11. The van der Waals surface area contributed by atoms with Crippen LogP contribution in [0, 0.1) is 0 Å². The number of ether oxygens (including phenoxy) is 3. The molecule has 1 aromatic heterocycles. The molecule has 6 nitrogen and oxygen atoms in total. The minimum absolute atomic E-state index is 0.191. The summed E-state index contributed by atoms with van der Waals surface area (Å²) in [5, 5.41) is 0. The molecule has 6 heteroatoms. The van der Waals surface area contributed by atoms with E-state index in [-0.39, 0.29) is 18.0 Å². The summed E-state index contributed by atoms with van der Waals surface area (Å²) < 4.78 is 17.1. The van der Waals surface area contributed by atoms with Crippen LogP contribution in [-0.2, 0) is 0 Å². The third-order valence-electron chi connectivity index (χ3n) is 1.77. The first kappa shape index (κ1) is 17.5. The van der Waals surface area contributed by atoms with E-state index in [4.69, 9.17) is 14.2 Å². The molecular weight excluding hydrogens is 270 g/mol. The topological polar surface area (TPSA) is 66.4 Å². The third kappa shape index (κ3) is 7.68. The second-order valence-electron chi connectivity index (χ2n) is 7.83. The van der Waals surface area contributed by atoms with E-state index in [9.17, 15) is 0 Å². The lowest BCUT2D eigenvalue weighted by Gasteiger charge is -2.24. The Morgan fingerprint density at radius 1 is 0.476 bits per heavy atom. The summed E-state index contributed by atoms with van der Waals surface area (Å²) in [5.74, 6) is 0. The molecule has 21 heavy (non-hydrogen) atoms. The second kappa shape index (κ2) is 5.66. The van der Waals surface area contributed by atoms with Crippen LogP contribution in [0.25, 0.3) is 0 Å². The molecule has 0 atom stereocenters. The summed E-state index contributed by atoms with van der Waals surface area (Å²) in [5.41, 5.74) is -1.25. The van der Waals surface area contributed by atoms with Crippen molar-refractivity contribution >= 4 is 0 Å². The van der Waals surface area contributed by atoms with Crippen LogP contribution in [0.5, 0.6) is 18.0 Å². The monoisotopic (exact) mass is 297 g/mol. The Balaban J connectivity index is 3.13. The van der Waals surface area contributed by atoms with Gasteiger partial charge in [-0.3, -0.25) is 0 Å². The third-order valence-corrected chi connectivity index (χ3v) is 1.77. The fraction of sp³-hybridized carbons (Fsp3) is 0.800. The van der Waals surface area contributed by atoms with Gasteiger partial charge in [0.25, 0.3) is 0 Å². The van der Waals surface area contributed by atoms with Crippen molar-refractivity contribution in [2.75, 3.05) is 0 Å². The van der Waals surface area contributed by atoms with Crippen molar-refractivity contribution in [1.29, 1.82) is 0 Å². The Bertz CT molecular complexity index is 399. The molecule has 0 N–H and O–H groups in total. The molecule has 0 saturated heterocycles. The molecule has 0 amide bonds. The van der Waals surface area contributed by atoms with Gasteiger partial charge in [-0.25, -0.2) is 0 Å². The zero-order valence-corrected chi connectivity index (χ0v) is 14.6. The van der Waals surface area contributed by atoms with Crippen molar-refractivity contribution < 1.29 is 14.2 Å². The van der Waals surface area contributed by atoms with Gasteiger partial charge in [0.1, 0.15) is 16.8 Å². The van der Waals surface area contributed by atoms with Gasteiger partial charge in [0, 0.05) is 0 Å². The molecule has 0 bridgehead atoms. The van der Waals surface area contributed by atoms with Gasteiger partial charge < -0.3 is 14.2 Å². The van der Waals surface area contributed by atoms with Gasteiger partial charge in [0.2, 0.25) is 0 Å². The lowest BCUT2D eigenvalue weighted by molar-refractivity contribution is 0.0811. The van der Waals surface area contributed by atoms with Crippen LogP contribution in [0.4, 0.5) is 0 Å². The van der Waals surface area contributed by atoms with Crippen molar-refractivity contribution in [2.45, 2.75) is 79.1 Å². The summed E-state index contributed by atoms with van der Waals surface area (Å²) in [6.45, 7) is 17.3. The molecular formula is C15H27N3O3. The van der Waals surface area contributed by atoms with Crippen molar-refractivity contribution in [3.05, 3.63) is 0 Å². The molecule has 0 spiro atoms. The summed E-state index contributed by atoms with van der Waals surface area (Å²) in [7, 11) is 0. The number of rotatable bonds is 3. The molecule has 1 heterocycles. The highest BCUT2D eigenvalue weighted by atomic mass is 16.6. The molecule has 0 aromatic carbocycles. The van der Waals surface area contributed by atoms with Gasteiger partial charge in [-0.2, -0.15) is 0 Å². The molecule has 1 aromatic rings. The van der Waals surface area contributed by atoms with Crippen LogP contribution in [-0.4, -0.2) is 31.8 Å². The van der Waals surface area contributed by atoms with Crippen LogP contribution < -0.4 is 14.2 Å². The van der Waals surface area contributed by atoms with Crippen LogP contribution in [0.15, 0.2) is 0 Å². The predicted octanol–water partition coefficient (Wildman–Crippen LogP) is 3.40. The number of hydrogen-bond acceptors (Lipinski definition) is 6. The summed E-state index contributed by atoms with van der Waals surface area (Å²) in [6, 6.07) is 0.572.